The first-order valence-corrected chi connectivity index (χ1v) is 11.4. The average Bonchev–Trinajstić information content (AvgIpc) is 3.33. The zero-order valence-electron chi connectivity index (χ0n) is 18.2. The van der Waals surface area contributed by atoms with Gasteiger partial charge in [-0.15, -0.1) is 0 Å². The molecule has 1 aliphatic rings. The molecule has 160 valence electrons. The highest BCUT2D eigenvalue weighted by molar-refractivity contribution is 7.16. The molecular formula is C25H23N5OS. The highest BCUT2D eigenvalue weighted by Gasteiger charge is 2.22. The van der Waals surface area contributed by atoms with Crippen molar-refractivity contribution >= 4 is 45.2 Å². The largest absolute Gasteiger partial charge is 0.383 e. The van der Waals surface area contributed by atoms with E-state index in [4.69, 9.17) is 10.8 Å². The summed E-state index contributed by atoms with van der Waals surface area (Å²) in [6.45, 7) is 6.10. The van der Waals surface area contributed by atoms with Gasteiger partial charge in [-0.2, -0.15) is 14.6 Å². The van der Waals surface area contributed by atoms with Crippen LogP contribution in [0.25, 0.3) is 16.6 Å². The third-order valence-corrected chi connectivity index (χ3v) is 6.85. The van der Waals surface area contributed by atoms with Crippen molar-refractivity contribution in [1.29, 1.82) is 0 Å². The Labute approximate surface area is 189 Å². The van der Waals surface area contributed by atoms with Gasteiger partial charge in [0.2, 0.25) is 4.96 Å². The summed E-state index contributed by atoms with van der Waals surface area (Å²) in [5.74, 6) is 0.421. The molecule has 2 aromatic heterocycles. The summed E-state index contributed by atoms with van der Waals surface area (Å²) in [6.07, 6.45) is 2.69. The smallest absolute Gasteiger partial charge is 0.283 e. The minimum atomic E-state index is -0.355. The number of benzene rings is 2. The number of aryl methyl sites for hydroxylation is 1. The summed E-state index contributed by atoms with van der Waals surface area (Å²) in [5, 5.41) is 5.65. The Morgan fingerprint density at radius 1 is 1.16 bits per heavy atom. The van der Waals surface area contributed by atoms with Gasteiger partial charge in [0.25, 0.3) is 5.56 Å². The average molecular weight is 442 g/mol. The Hall–Kier alpha value is -3.58. The fourth-order valence-corrected chi connectivity index (χ4v) is 5.25. The lowest BCUT2D eigenvalue weighted by molar-refractivity contribution is 0.742. The minimum absolute atomic E-state index is 0.123. The van der Waals surface area contributed by atoms with Crippen molar-refractivity contribution in [2.24, 2.45) is 4.99 Å². The number of rotatable bonds is 4. The molecule has 0 amide bonds. The van der Waals surface area contributed by atoms with Crippen LogP contribution in [0.2, 0.25) is 0 Å². The van der Waals surface area contributed by atoms with Crippen LogP contribution in [0.1, 0.15) is 53.4 Å². The van der Waals surface area contributed by atoms with Crippen molar-refractivity contribution in [3.8, 4) is 0 Å². The summed E-state index contributed by atoms with van der Waals surface area (Å²) >= 11 is 1.41. The first kappa shape index (κ1) is 20.3. The number of hydrogen-bond acceptors (Lipinski definition) is 6. The molecule has 1 aliphatic heterocycles. The molecule has 0 radical (unpaired) electrons. The second-order valence-corrected chi connectivity index (χ2v) is 8.99. The molecule has 2 aromatic carbocycles. The lowest BCUT2D eigenvalue weighted by atomic mass is 9.97. The molecule has 0 saturated heterocycles. The standard InChI is InChI=1S/C25H23N5OS/c1-4-17(16-8-6-5-7-9-16)24-29-30-22(26)20(23(31)28-25(30)32-24)13-18-15(3)27-21-11-10-14(2)12-19(18)21/h5-13,17H,4,26H2,1-3H3/b18-13-. The maximum atomic E-state index is 12.9. The van der Waals surface area contributed by atoms with Gasteiger partial charge in [0.15, 0.2) is 0 Å². The van der Waals surface area contributed by atoms with Gasteiger partial charge in [-0.3, -0.25) is 9.79 Å². The monoisotopic (exact) mass is 441 g/mol. The molecule has 2 N–H and O–H groups in total. The van der Waals surface area contributed by atoms with E-state index in [0.717, 1.165) is 39.5 Å². The van der Waals surface area contributed by atoms with E-state index in [2.05, 4.69) is 35.1 Å². The maximum absolute atomic E-state index is 12.9. The predicted octanol–water partition coefficient (Wildman–Crippen LogP) is 5.23. The predicted molar refractivity (Wildman–Crippen MR) is 132 cm³/mol. The number of aromatic nitrogens is 3. The SMILES string of the molecule is CCC(c1ccccc1)c1nn2c(N)c(/C=C3/C(C)=Nc4ccc(C)cc43)c(=O)nc2s1. The Balaban J connectivity index is 1.64. The van der Waals surface area contributed by atoms with Gasteiger partial charge in [0, 0.05) is 22.8 Å². The first-order valence-electron chi connectivity index (χ1n) is 10.6. The van der Waals surface area contributed by atoms with Crippen LogP contribution in [0.15, 0.2) is 58.3 Å². The fourth-order valence-electron chi connectivity index (χ4n) is 4.14. The third-order valence-electron chi connectivity index (χ3n) is 5.82. The van der Waals surface area contributed by atoms with Crippen LogP contribution in [0.4, 0.5) is 11.5 Å². The van der Waals surface area contributed by atoms with Crippen LogP contribution in [0.3, 0.4) is 0 Å². The minimum Gasteiger partial charge on any atom is -0.383 e. The lowest BCUT2D eigenvalue weighted by Crippen LogP contribution is -2.17. The van der Waals surface area contributed by atoms with Gasteiger partial charge < -0.3 is 5.73 Å². The number of nitrogens with zero attached hydrogens (tertiary/aromatic N) is 4. The van der Waals surface area contributed by atoms with Crippen LogP contribution in [-0.4, -0.2) is 20.3 Å². The molecule has 4 aromatic rings. The van der Waals surface area contributed by atoms with Crippen LogP contribution < -0.4 is 11.3 Å². The fraction of sp³-hybridized carbons (Fsp3) is 0.200. The Morgan fingerprint density at radius 3 is 2.69 bits per heavy atom. The van der Waals surface area contributed by atoms with E-state index in [0.29, 0.717) is 16.3 Å². The highest BCUT2D eigenvalue weighted by atomic mass is 32.1. The van der Waals surface area contributed by atoms with E-state index in [9.17, 15) is 4.79 Å². The molecule has 0 spiro atoms. The molecule has 32 heavy (non-hydrogen) atoms. The lowest BCUT2D eigenvalue weighted by Gasteiger charge is -2.11. The topological polar surface area (TPSA) is 85.6 Å². The second kappa shape index (κ2) is 7.84. The highest BCUT2D eigenvalue weighted by Crippen LogP contribution is 2.37. The van der Waals surface area contributed by atoms with Crippen LogP contribution in [0, 0.1) is 6.92 Å². The molecule has 1 unspecified atom stereocenters. The Kier molecular flexibility index (Phi) is 4.98. The number of nitrogen functional groups attached to an aromatic ring is 1. The molecule has 0 saturated carbocycles. The number of hydrogen-bond donors (Lipinski definition) is 1. The Bertz CT molecular complexity index is 1460. The molecule has 0 fully saturated rings. The van der Waals surface area contributed by atoms with Crippen LogP contribution in [0.5, 0.6) is 0 Å². The number of fused-ring (bicyclic) bond motifs is 2. The first-order chi connectivity index (χ1) is 15.5. The maximum Gasteiger partial charge on any atom is 0.283 e. The van der Waals surface area contributed by atoms with E-state index < -0.39 is 0 Å². The van der Waals surface area contributed by atoms with E-state index in [1.54, 1.807) is 10.6 Å². The van der Waals surface area contributed by atoms with E-state index in [1.165, 1.54) is 16.9 Å². The van der Waals surface area contributed by atoms with Crippen molar-refractivity contribution in [1.82, 2.24) is 14.6 Å². The van der Waals surface area contributed by atoms with Gasteiger partial charge in [0.1, 0.15) is 10.8 Å². The summed E-state index contributed by atoms with van der Waals surface area (Å²) in [4.78, 5) is 22.4. The number of aliphatic imine (C=N–C) groups is 1. The van der Waals surface area contributed by atoms with Crippen LogP contribution in [-0.2, 0) is 0 Å². The molecule has 7 heteroatoms. The van der Waals surface area contributed by atoms with Crippen molar-refractivity contribution in [3.05, 3.63) is 86.1 Å². The van der Waals surface area contributed by atoms with Gasteiger partial charge in [-0.05, 0) is 44.0 Å². The molecule has 6 nitrogen and oxygen atoms in total. The van der Waals surface area contributed by atoms with Gasteiger partial charge in [0.05, 0.1) is 11.3 Å². The number of allylic oxidation sites excluding steroid dienone is 1. The van der Waals surface area contributed by atoms with Crippen molar-refractivity contribution in [3.63, 3.8) is 0 Å². The third kappa shape index (κ3) is 3.35. The zero-order chi connectivity index (χ0) is 22.4. The molecule has 1 atom stereocenters. The van der Waals surface area contributed by atoms with Crippen molar-refractivity contribution in [2.45, 2.75) is 33.1 Å². The second-order valence-electron chi connectivity index (χ2n) is 8.00. The summed E-state index contributed by atoms with van der Waals surface area (Å²) in [7, 11) is 0. The van der Waals surface area contributed by atoms with E-state index in [1.807, 2.05) is 44.2 Å². The summed E-state index contributed by atoms with van der Waals surface area (Å²) in [6, 6.07) is 16.3. The molecule has 5 rings (SSSR count). The normalized spacial score (nSPS) is 15.2. The molecule has 0 aliphatic carbocycles. The molecule has 3 heterocycles. The van der Waals surface area contributed by atoms with Crippen LogP contribution >= 0.6 is 11.3 Å². The van der Waals surface area contributed by atoms with Crippen molar-refractivity contribution < 1.29 is 0 Å². The summed E-state index contributed by atoms with van der Waals surface area (Å²) in [5.41, 5.74) is 12.4. The van der Waals surface area contributed by atoms with Gasteiger partial charge in [-0.25, -0.2) is 0 Å². The van der Waals surface area contributed by atoms with Gasteiger partial charge in [-0.1, -0.05) is 60.2 Å². The van der Waals surface area contributed by atoms with Crippen molar-refractivity contribution in [2.75, 3.05) is 5.73 Å². The van der Waals surface area contributed by atoms with E-state index >= 15 is 0 Å². The molecule has 0 bridgehead atoms. The van der Waals surface area contributed by atoms with E-state index in [-0.39, 0.29) is 11.5 Å². The molecular weight excluding hydrogens is 418 g/mol. The van der Waals surface area contributed by atoms with Gasteiger partial charge >= 0.3 is 0 Å². The Morgan fingerprint density at radius 2 is 1.94 bits per heavy atom. The quantitative estimate of drug-likeness (QED) is 0.470. The number of nitrogens with two attached hydrogens (primary N) is 1. The zero-order valence-corrected chi connectivity index (χ0v) is 19.0. The summed E-state index contributed by atoms with van der Waals surface area (Å²) < 4.78 is 1.60. The number of anilines is 1.